The lowest BCUT2D eigenvalue weighted by Gasteiger charge is -2.36. The number of carbonyl (C=O) groups is 1. The highest BCUT2D eigenvalue weighted by atomic mass is 16.6. The molecule has 1 N–H and O–H groups in total. The normalized spacial score (nSPS) is 14.6. The molecule has 31 heavy (non-hydrogen) atoms. The molecule has 3 rings (SSSR count). The van der Waals surface area contributed by atoms with Crippen LogP contribution in [0.3, 0.4) is 0 Å². The van der Waals surface area contributed by atoms with Crippen LogP contribution in [0.15, 0.2) is 24.3 Å². The van der Waals surface area contributed by atoms with E-state index in [-0.39, 0.29) is 18.1 Å². The first-order valence-electron chi connectivity index (χ1n) is 10.8. The first kappa shape index (κ1) is 22.7. The quantitative estimate of drug-likeness (QED) is 0.374. The lowest BCUT2D eigenvalue weighted by Crippen LogP contribution is -2.46. The summed E-state index contributed by atoms with van der Waals surface area (Å²) in [6.07, 6.45) is 1.93. The standard InChI is InChI=1S/C22H32N6O3/c1-17-7-6-8-20(15-17)26-13-11-25(12-14-26)10-5-4-9-23-21(29)16-27-19(3)22(28(30)31)18(2)24-27/h6-8,15H,4-5,9-14,16H2,1-3H3,(H,23,29). The molecule has 2 aromatic rings. The lowest BCUT2D eigenvalue weighted by molar-refractivity contribution is -0.386. The van der Waals surface area contributed by atoms with Gasteiger partial charge in [0.2, 0.25) is 5.91 Å². The molecular formula is C22H32N6O3. The Hall–Kier alpha value is -2.94. The average molecular weight is 429 g/mol. The Bertz CT molecular complexity index is 918. The van der Waals surface area contributed by atoms with Crippen molar-refractivity contribution in [3.8, 4) is 0 Å². The second-order valence-electron chi connectivity index (χ2n) is 8.16. The fraction of sp³-hybridized carbons (Fsp3) is 0.545. The molecular weight excluding hydrogens is 396 g/mol. The Labute approximate surface area is 183 Å². The van der Waals surface area contributed by atoms with Gasteiger partial charge in [0, 0.05) is 38.4 Å². The smallest absolute Gasteiger partial charge is 0.312 e. The van der Waals surface area contributed by atoms with Crippen LogP contribution in [0.5, 0.6) is 0 Å². The van der Waals surface area contributed by atoms with Crippen molar-refractivity contribution in [2.45, 2.75) is 40.2 Å². The number of nitro groups is 1. The molecule has 0 saturated carbocycles. The van der Waals surface area contributed by atoms with E-state index in [1.165, 1.54) is 15.9 Å². The zero-order valence-electron chi connectivity index (χ0n) is 18.6. The zero-order valence-corrected chi connectivity index (χ0v) is 18.6. The second-order valence-corrected chi connectivity index (χ2v) is 8.16. The molecule has 0 atom stereocenters. The van der Waals surface area contributed by atoms with Gasteiger partial charge in [0.05, 0.1) is 4.92 Å². The first-order valence-corrected chi connectivity index (χ1v) is 10.8. The van der Waals surface area contributed by atoms with Gasteiger partial charge in [-0.2, -0.15) is 5.10 Å². The van der Waals surface area contributed by atoms with Crippen LogP contribution in [-0.2, 0) is 11.3 Å². The predicted octanol–water partition coefficient (Wildman–Crippen LogP) is 2.44. The fourth-order valence-corrected chi connectivity index (χ4v) is 4.04. The van der Waals surface area contributed by atoms with Crippen molar-refractivity contribution >= 4 is 17.3 Å². The van der Waals surface area contributed by atoms with E-state index in [0.717, 1.165) is 45.6 Å². The number of unbranched alkanes of at least 4 members (excludes halogenated alkanes) is 1. The monoisotopic (exact) mass is 428 g/mol. The van der Waals surface area contributed by atoms with E-state index in [2.05, 4.69) is 51.4 Å². The van der Waals surface area contributed by atoms with Crippen molar-refractivity contribution in [1.82, 2.24) is 20.0 Å². The summed E-state index contributed by atoms with van der Waals surface area (Å²) in [5.74, 6) is -0.174. The van der Waals surface area contributed by atoms with Crippen molar-refractivity contribution in [1.29, 1.82) is 0 Å². The highest BCUT2D eigenvalue weighted by Gasteiger charge is 2.22. The number of nitrogens with zero attached hydrogens (tertiary/aromatic N) is 5. The van der Waals surface area contributed by atoms with Crippen molar-refractivity contribution in [3.05, 3.63) is 51.3 Å². The van der Waals surface area contributed by atoms with Crippen molar-refractivity contribution in [2.24, 2.45) is 0 Å². The SMILES string of the molecule is Cc1cccc(N2CCN(CCCCNC(=O)Cn3nc(C)c([N+](=O)[O-])c3C)CC2)c1. The maximum atomic E-state index is 12.2. The number of hydrogen-bond donors (Lipinski definition) is 1. The van der Waals surface area contributed by atoms with E-state index in [9.17, 15) is 14.9 Å². The molecule has 168 valence electrons. The molecule has 0 bridgehead atoms. The van der Waals surface area contributed by atoms with Crippen LogP contribution in [0.25, 0.3) is 0 Å². The average Bonchev–Trinajstić information content (AvgIpc) is 3.01. The highest BCUT2D eigenvalue weighted by Crippen LogP contribution is 2.21. The molecule has 1 aromatic heterocycles. The van der Waals surface area contributed by atoms with Crippen LogP contribution < -0.4 is 10.2 Å². The van der Waals surface area contributed by atoms with E-state index in [4.69, 9.17) is 0 Å². The number of carbonyl (C=O) groups excluding carboxylic acids is 1. The molecule has 0 spiro atoms. The number of amides is 1. The Kier molecular flexibility index (Phi) is 7.62. The Balaban J connectivity index is 1.32. The van der Waals surface area contributed by atoms with Gasteiger partial charge >= 0.3 is 5.69 Å². The third-order valence-electron chi connectivity index (χ3n) is 5.78. The van der Waals surface area contributed by atoms with E-state index in [1.54, 1.807) is 13.8 Å². The summed E-state index contributed by atoms with van der Waals surface area (Å²) in [4.78, 5) is 27.7. The molecule has 1 aliphatic heterocycles. The van der Waals surface area contributed by atoms with Crippen molar-refractivity contribution in [3.63, 3.8) is 0 Å². The minimum Gasteiger partial charge on any atom is -0.369 e. The van der Waals surface area contributed by atoms with Gasteiger partial charge in [0.1, 0.15) is 17.9 Å². The molecule has 1 fully saturated rings. The highest BCUT2D eigenvalue weighted by molar-refractivity contribution is 5.75. The number of hydrogen-bond acceptors (Lipinski definition) is 6. The molecule has 2 heterocycles. The number of aryl methyl sites for hydroxylation is 2. The molecule has 0 aliphatic carbocycles. The summed E-state index contributed by atoms with van der Waals surface area (Å²) in [6.45, 7) is 11.1. The van der Waals surface area contributed by atoms with Crippen LogP contribution in [0, 0.1) is 30.9 Å². The maximum absolute atomic E-state index is 12.2. The molecule has 0 unspecified atom stereocenters. The largest absolute Gasteiger partial charge is 0.369 e. The van der Waals surface area contributed by atoms with E-state index < -0.39 is 4.92 Å². The zero-order chi connectivity index (χ0) is 22.4. The lowest BCUT2D eigenvalue weighted by atomic mass is 10.2. The van der Waals surface area contributed by atoms with Crippen LogP contribution in [0.1, 0.15) is 29.8 Å². The summed E-state index contributed by atoms with van der Waals surface area (Å²) >= 11 is 0. The van der Waals surface area contributed by atoms with Gasteiger partial charge in [-0.25, -0.2) is 0 Å². The number of rotatable bonds is 9. The van der Waals surface area contributed by atoms with Crippen LogP contribution in [-0.4, -0.2) is 64.8 Å². The predicted molar refractivity (Wildman–Crippen MR) is 120 cm³/mol. The number of anilines is 1. The van der Waals surface area contributed by atoms with Gasteiger partial charge in [-0.05, 0) is 57.9 Å². The molecule has 0 radical (unpaired) electrons. The van der Waals surface area contributed by atoms with Crippen LogP contribution >= 0.6 is 0 Å². The van der Waals surface area contributed by atoms with Crippen LogP contribution in [0.2, 0.25) is 0 Å². The maximum Gasteiger partial charge on any atom is 0.312 e. The Morgan fingerprint density at radius 1 is 1.16 bits per heavy atom. The minimum atomic E-state index is -0.452. The van der Waals surface area contributed by atoms with Crippen molar-refractivity contribution in [2.75, 3.05) is 44.2 Å². The van der Waals surface area contributed by atoms with E-state index >= 15 is 0 Å². The molecule has 9 heteroatoms. The van der Waals surface area contributed by atoms with Crippen LogP contribution in [0.4, 0.5) is 11.4 Å². The van der Waals surface area contributed by atoms with Gasteiger partial charge in [0.25, 0.3) is 0 Å². The summed E-state index contributed by atoms with van der Waals surface area (Å²) in [5.41, 5.74) is 3.31. The number of piperazine rings is 1. The minimum absolute atomic E-state index is 0.00142. The summed E-state index contributed by atoms with van der Waals surface area (Å²) in [5, 5.41) is 18.1. The Morgan fingerprint density at radius 3 is 2.55 bits per heavy atom. The van der Waals surface area contributed by atoms with E-state index in [0.29, 0.717) is 17.9 Å². The Morgan fingerprint density at radius 2 is 1.90 bits per heavy atom. The topological polar surface area (TPSA) is 96.5 Å². The van der Waals surface area contributed by atoms with Gasteiger partial charge in [0.15, 0.2) is 0 Å². The van der Waals surface area contributed by atoms with Crippen molar-refractivity contribution < 1.29 is 9.72 Å². The van der Waals surface area contributed by atoms with Gasteiger partial charge in [-0.15, -0.1) is 0 Å². The van der Waals surface area contributed by atoms with E-state index in [1.807, 2.05) is 0 Å². The molecule has 1 saturated heterocycles. The molecule has 9 nitrogen and oxygen atoms in total. The fourth-order valence-electron chi connectivity index (χ4n) is 4.04. The summed E-state index contributed by atoms with van der Waals surface area (Å²) in [6, 6.07) is 8.65. The van der Waals surface area contributed by atoms with Gasteiger partial charge < -0.3 is 10.2 Å². The summed E-state index contributed by atoms with van der Waals surface area (Å²) in [7, 11) is 0. The third kappa shape index (κ3) is 6.04. The summed E-state index contributed by atoms with van der Waals surface area (Å²) < 4.78 is 1.40. The number of aromatic nitrogens is 2. The second kappa shape index (κ2) is 10.4. The molecule has 1 amide bonds. The molecule has 1 aliphatic rings. The number of nitrogens with one attached hydrogen (secondary N) is 1. The molecule has 1 aromatic carbocycles. The third-order valence-corrected chi connectivity index (χ3v) is 5.78. The number of benzene rings is 1. The van der Waals surface area contributed by atoms with Gasteiger partial charge in [-0.3, -0.25) is 24.5 Å². The van der Waals surface area contributed by atoms with Gasteiger partial charge in [-0.1, -0.05) is 12.1 Å². The first-order chi connectivity index (χ1) is 14.8.